The second-order valence-corrected chi connectivity index (χ2v) is 5.59. The second-order valence-electron chi connectivity index (χ2n) is 5.59. The van der Waals surface area contributed by atoms with Gasteiger partial charge < -0.3 is 5.73 Å². The van der Waals surface area contributed by atoms with Crippen molar-refractivity contribution in [2.75, 3.05) is 0 Å². The van der Waals surface area contributed by atoms with Crippen molar-refractivity contribution in [1.29, 1.82) is 0 Å². The number of nitrogens with zero attached hydrogens (tertiary/aromatic N) is 1. The zero-order chi connectivity index (χ0) is 14.7. The number of benzene rings is 2. The lowest BCUT2D eigenvalue weighted by Crippen LogP contribution is -2.11. The molecule has 0 aliphatic heterocycles. The van der Waals surface area contributed by atoms with Crippen LogP contribution in [-0.2, 0) is 6.42 Å². The van der Waals surface area contributed by atoms with Gasteiger partial charge in [-0.05, 0) is 49.1 Å². The number of aryl methyl sites for hydroxylation is 2. The van der Waals surface area contributed by atoms with Crippen LogP contribution >= 0.6 is 0 Å². The summed E-state index contributed by atoms with van der Waals surface area (Å²) in [6.45, 7) is 2.11. The first kappa shape index (κ1) is 13.8. The summed E-state index contributed by atoms with van der Waals surface area (Å²) in [6, 6.07) is 19.1. The van der Waals surface area contributed by atoms with Crippen molar-refractivity contribution >= 4 is 10.9 Å². The summed E-state index contributed by atoms with van der Waals surface area (Å²) in [4.78, 5) is 4.34. The quantitative estimate of drug-likeness (QED) is 0.776. The third-order valence-corrected chi connectivity index (χ3v) is 3.92. The highest BCUT2D eigenvalue weighted by molar-refractivity contribution is 5.79. The summed E-state index contributed by atoms with van der Waals surface area (Å²) < 4.78 is 0. The van der Waals surface area contributed by atoms with Crippen molar-refractivity contribution < 1.29 is 0 Å². The van der Waals surface area contributed by atoms with Gasteiger partial charge in [0.2, 0.25) is 0 Å². The van der Waals surface area contributed by atoms with Crippen LogP contribution in [0.15, 0.2) is 60.8 Å². The summed E-state index contributed by atoms with van der Waals surface area (Å²) >= 11 is 0. The number of fused-ring (bicyclic) bond motifs is 1. The van der Waals surface area contributed by atoms with Crippen molar-refractivity contribution in [2.45, 2.75) is 25.8 Å². The molecule has 1 unspecified atom stereocenters. The predicted octanol–water partition coefficient (Wildman–Crippen LogP) is 4.18. The molecule has 0 bridgehead atoms. The third kappa shape index (κ3) is 3.29. The van der Waals surface area contributed by atoms with Crippen LogP contribution in [0.1, 0.15) is 29.2 Å². The fourth-order valence-corrected chi connectivity index (χ4v) is 2.57. The first-order chi connectivity index (χ1) is 10.2. The normalized spacial score (nSPS) is 12.5. The van der Waals surface area contributed by atoms with E-state index in [0.29, 0.717) is 0 Å². The molecule has 0 saturated carbocycles. The lowest BCUT2D eigenvalue weighted by Gasteiger charge is -2.13. The molecular weight excluding hydrogens is 256 g/mol. The van der Waals surface area contributed by atoms with Gasteiger partial charge in [0.05, 0.1) is 5.52 Å². The Kier molecular flexibility index (Phi) is 3.98. The molecule has 0 radical (unpaired) electrons. The van der Waals surface area contributed by atoms with Gasteiger partial charge in [-0.15, -0.1) is 0 Å². The number of hydrogen-bond donors (Lipinski definition) is 1. The zero-order valence-corrected chi connectivity index (χ0v) is 12.3. The highest BCUT2D eigenvalue weighted by Gasteiger charge is 2.07. The summed E-state index contributed by atoms with van der Waals surface area (Å²) in [5.41, 5.74) is 11.2. The average Bonchev–Trinajstić information content (AvgIpc) is 2.53. The number of hydrogen-bond acceptors (Lipinski definition) is 2. The Morgan fingerprint density at radius 2 is 1.86 bits per heavy atom. The molecule has 2 nitrogen and oxygen atoms in total. The largest absolute Gasteiger partial charge is 0.324 e. The smallest absolute Gasteiger partial charge is 0.0702 e. The van der Waals surface area contributed by atoms with Gasteiger partial charge in [-0.25, -0.2) is 0 Å². The van der Waals surface area contributed by atoms with E-state index in [9.17, 15) is 0 Å². The third-order valence-electron chi connectivity index (χ3n) is 3.92. The van der Waals surface area contributed by atoms with E-state index in [-0.39, 0.29) is 6.04 Å². The number of nitrogens with two attached hydrogens (primary N) is 1. The van der Waals surface area contributed by atoms with Crippen molar-refractivity contribution in [3.05, 3.63) is 77.5 Å². The van der Waals surface area contributed by atoms with Crippen LogP contribution in [-0.4, -0.2) is 4.98 Å². The van der Waals surface area contributed by atoms with Crippen LogP contribution in [0.2, 0.25) is 0 Å². The van der Waals surface area contributed by atoms with E-state index in [4.69, 9.17) is 5.73 Å². The predicted molar refractivity (Wildman–Crippen MR) is 88.2 cm³/mol. The van der Waals surface area contributed by atoms with Crippen molar-refractivity contribution in [3.63, 3.8) is 0 Å². The molecule has 21 heavy (non-hydrogen) atoms. The van der Waals surface area contributed by atoms with E-state index in [0.717, 1.165) is 23.7 Å². The van der Waals surface area contributed by atoms with E-state index in [1.807, 2.05) is 12.3 Å². The highest BCUT2D eigenvalue weighted by atomic mass is 14.7. The molecule has 0 spiro atoms. The van der Waals surface area contributed by atoms with E-state index in [1.165, 1.54) is 16.7 Å². The molecule has 106 valence electrons. The molecule has 2 N–H and O–H groups in total. The van der Waals surface area contributed by atoms with Gasteiger partial charge in [-0.2, -0.15) is 0 Å². The summed E-state index contributed by atoms with van der Waals surface area (Å²) in [5.74, 6) is 0. The minimum absolute atomic E-state index is 0.0657. The van der Waals surface area contributed by atoms with Crippen LogP contribution in [0.3, 0.4) is 0 Å². The Bertz CT molecular complexity index is 732. The van der Waals surface area contributed by atoms with E-state index in [1.54, 1.807) is 0 Å². The van der Waals surface area contributed by atoms with Crippen LogP contribution in [0.5, 0.6) is 0 Å². The van der Waals surface area contributed by atoms with Crippen LogP contribution < -0.4 is 5.73 Å². The van der Waals surface area contributed by atoms with Crippen molar-refractivity contribution in [2.24, 2.45) is 5.73 Å². The van der Waals surface area contributed by atoms with Gasteiger partial charge in [0.1, 0.15) is 0 Å². The van der Waals surface area contributed by atoms with Gasteiger partial charge >= 0.3 is 0 Å². The summed E-state index contributed by atoms with van der Waals surface area (Å²) in [7, 11) is 0. The fourth-order valence-electron chi connectivity index (χ4n) is 2.57. The van der Waals surface area contributed by atoms with Gasteiger partial charge in [0.25, 0.3) is 0 Å². The molecule has 2 aromatic carbocycles. The maximum Gasteiger partial charge on any atom is 0.0702 e. The van der Waals surface area contributed by atoms with Gasteiger partial charge in [-0.1, -0.05) is 42.0 Å². The molecule has 0 aliphatic rings. The molecule has 0 saturated heterocycles. The van der Waals surface area contributed by atoms with Crippen molar-refractivity contribution in [1.82, 2.24) is 4.98 Å². The topological polar surface area (TPSA) is 38.9 Å². The van der Waals surface area contributed by atoms with Crippen molar-refractivity contribution in [3.8, 4) is 0 Å². The SMILES string of the molecule is Cc1ccc(CCC(N)c2ccc3ncccc3c2)cc1. The molecule has 1 atom stereocenters. The minimum atomic E-state index is 0.0657. The molecular formula is C19H20N2. The second kappa shape index (κ2) is 6.06. The Hall–Kier alpha value is -2.19. The molecule has 0 amide bonds. The van der Waals surface area contributed by atoms with E-state index >= 15 is 0 Å². The fraction of sp³-hybridized carbons (Fsp3) is 0.211. The minimum Gasteiger partial charge on any atom is -0.324 e. The first-order valence-corrected chi connectivity index (χ1v) is 7.38. The van der Waals surface area contributed by atoms with Gasteiger partial charge in [0.15, 0.2) is 0 Å². The number of aromatic nitrogens is 1. The zero-order valence-electron chi connectivity index (χ0n) is 12.3. The Morgan fingerprint density at radius 1 is 1.05 bits per heavy atom. The molecule has 3 rings (SSSR count). The van der Waals surface area contributed by atoms with E-state index < -0.39 is 0 Å². The maximum absolute atomic E-state index is 6.34. The first-order valence-electron chi connectivity index (χ1n) is 7.38. The van der Waals surface area contributed by atoms with Gasteiger partial charge in [-0.3, -0.25) is 4.98 Å². The summed E-state index contributed by atoms with van der Waals surface area (Å²) in [5, 5.41) is 1.15. The lowest BCUT2D eigenvalue weighted by atomic mass is 9.98. The number of pyridine rings is 1. The molecule has 2 heteroatoms. The van der Waals surface area contributed by atoms with E-state index in [2.05, 4.69) is 60.4 Å². The average molecular weight is 276 g/mol. The van der Waals surface area contributed by atoms with Crippen LogP contribution in [0.25, 0.3) is 10.9 Å². The molecule has 0 fully saturated rings. The standard InChI is InChI=1S/C19H20N2/c1-14-4-6-15(7-5-14)8-10-18(20)16-9-11-19-17(13-16)3-2-12-21-19/h2-7,9,11-13,18H,8,10,20H2,1H3. The Labute approximate surface area is 125 Å². The highest BCUT2D eigenvalue weighted by Crippen LogP contribution is 2.21. The van der Waals surface area contributed by atoms with Crippen LogP contribution in [0.4, 0.5) is 0 Å². The van der Waals surface area contributed by atoms with Crippen LogP contribution in [0, 0.1) is 6.92 Å². The molecule has 1 heterocycles. The van der Waals surface area contributed by atoms with Gasteiger partial charge in [0, 0.05) is 17.6 Å². The Balaban J connectivity index is 1.71. The maximum atomic E-state index is 6.34. The monoisotopic (exact) mass is 276 g/mol. The molecule has 3 aromatic rings. The lowest BCUT2D eigenvalue weighted by molar-refractivity contribution is 0.652. The Morgan fingerprint density at radius 3 is 2.67 bits per heavy atom. The number of rotatable bonds is 4. The molecule has 0 aliphatic carbocycles. The summed E-state index contributed by atoms with van der Waals surface area (Å²) in [6.07, 6.45) is 3.78. The molecule has 1 aromatic heterocycles.